The molecule has 3 nitrogen and oxygen atoms in total. The summed E-state index contributed by atoms with van der Waals surface area (Å²) >= 11 is -9.19. The van der Waals surface area contributed by atoms with Crippen molar-refractivity contribution in [2.24, 2.45) is 0 Å². The molecule has 5 aromatic carbocycles. The summed E-state index contributed by atoms with van der Waals surface area (Å²) in [5, 5.41) is 0. The quantitative estimate of drug-likeness (QED) is 0.0157. The van der Waals surface area contributed by atoms with E-state index in [2.05, 4.69) is 80.8 Å². The number of carbonyl (C=O) groups is 1. The number of benzene rings is 5. The molecule has 5 rings (SSSR count). The van der Waals surface area contributed by atoms with Crippen LogP contribution in [0.15, 0.2) is 143 Å². The molecule has 0 aliphatic rings. The Bertz CT molecular complexity index is 1890. The second-order valence-corrected chi connectivity index (χ2v) is 22.4. The van der Waals surface area contributed by atoms with E-state index in [1.807, 2.05) is 72.8 Å². The van der Waals surface area contributed by atoms with Gasteiger partial charge in [0.1, 0.15) is 17.8 Å². The van der Waals surface area contributed by atoms with Crippen molar-refractivity contribution in [2.75, 3.05) is 19.5 Å². The molecule has 0 aliphatic carbocycles. The number of rotatable bonds is 29. The second-order valence-electron chi connectivity index (χ2n) is 16.8. The fourth-order valence-corrected chi connectivity index (χ4v) is 8.74. The number of hydrogen-bond donors (Lipinski definition) is 0. The predicted octanol–water partition coefficient (Wildman–Crippen LogP) is 15.3. The Kier molecular flexibility index (Phi) is 30.4. The van der Waals surface area contributed by atoms with E-state index in [0.29, 0.717) is 0 Å². The number of ketones is 1. The van der Waals surface area contributed by atoms with Gasteiger partial charge in [-0.15, -0.1) is 0 Å². The van der Waals surface area contributed by atoms with E-state index in [1.165, 1.54) is 125 Å². The van der Waals surface area contributed by atoms with Gasteiger partial charge in [0.15, 0.2) is 15.6 Å². The van der Waals surface area contributed by atoms with Gasteiger partial charge in [-0.1, -0.05) is 214 Å². The summed E-state index contributed by atoms with van der Waals surface area (Å²) in [5.74, 6) is 2.05. The van der Waals surface area contributed by atoms with Gasteiger partial charge in [-0.25, -0.2) is 0 Å². The van der Waals surface area contributed by atoms with Gasteiger partial charge in [0.2, 0.25) is 0 Å². The molecular weight excluding hydrogens is 988 g/mol. The van der Waals surface area contributed by atoms with Gasteiger partial charge in [0.05, 0.1) is 24.1 Å². The Morgan fingerprint density at radius 3 is 1.07 bits per heavy atom. The van der Waals surface area contributed by atoms with Crippen molar-refractivity contribution >= 4 is 37.0 Å². The number of carbonyl (C=O) groups excluding carboxylic acids is 1. The molecule has 0 atom stereocenters. The zero-order chi connectivity index (χ0) is 47.7. The van der Waals surface area contributed by atoms with Gasteiger partial charge in [0.25, 0.3) is 0 Å². The molecule has 0 aromatic heterocycles. The Morgan fingerprint density at radius 2 is 0.716 bits per heavy atom. The average molecular weight is 1060 g/mol. The van der Waals surface area contributed by atoms with Crippen LogP contribution in [0.4, 0.5) is 14.1 Å². The zero-order valence-electron chi connectivity index (χ0n) is 40.1. The topological polar surface area (TPSA) is 35.5 Å². The van der Waals surface area contributed by atoms with Gasteiger partial charge >= 0.3 is 34.4 Å². The van der Waals surface area contributed by atoms with E-state index in [4.69, 9.17) is 9.47 Å². The standard InChI is InChI=1S/C37H61O2S.C19H14O.6FH.Sb/c1-4-6-8-10-12-14-16-18-20-22-32-38-34-24-28-36(29-25-34)40(3)37-30-26-35(27-31-37)39-33-23-21-19-17-15-13-11-9-7-5-2;20-19(17-9-5-2-6-10-17)18-13-11-16(12-14-18)15-7-3-1-4-8-15;;;;;;;/h24-31H,4-23,32-33H2,1-3H3;1-14H;6*1H;/q+1;;;;;;;;+5/p-6. The van der Waals surface area contributed by atoms with Gasteiger partial charge < -0.3 is 14.2 Å². The maximum atomic E-state index is 12.3. The Balaban J connectivity index is 0.000000469. The SMILES string of the molecule is CCCCCCCCCCCCOc1ccc([S+](C)c2ccc(OCCCCCCCCCCCC)cc2)cc1.O=C(c1ccccc1)c1ccc(-c2ccccc2)cc1.[F-].[F][Sb]([F])([F])([F])[F]. The van der Waals surface area contributed by atoms with Gasteiger partial charge in [-0.05, 0) is 72.5 Å². The van der Waals surface area contributed by atoms with Crippen LogP contribution in [-0.2, 0) is 10.9 Å². The van der Waals surface area contributed by atoms with Crippen molar-refractivity contribution in [1.82, 2.24) is 0 Å². The summed E-state index contributed by atoms with van der Waals surface area (Å²) in [7, 11) is 0.0450. The maximum absolute atomic E-state index is 12.3. The third-order valence-corrected chi connectivity index (χ3v) is 13.1. The molecule has 0 fully saturated rings. The summed E-state index contributed by atoms with van der Waals surface area (Å²) in [4.78, 5) is 15.0. The summed E-state index contributed by atoms with van der Waals surface area (Å²) < 4.78 is 61.6. The van der Waals surface area contributed by atoms with Crippen LogP contribution in [0.3, 0.4) is 0 Å². The minimum absolute atomic E-state index is 0. The molecule has 0 radical (unpaired) electrons. The molecule has 0 aliphatic heterocycles. The molecule has 0 N–H and O–H groups in total. The first-order chi connectivity index (χ1) is 31.8. The molecule has 0 unspecified atom stereocenters. The van der Waals surface area contributed by atoms with Crippen LogP contribution in [0, 0.1) is 0 Å². The average Bonchev–Trinajstić information content (AvgIpc) is 3.32. The summed E-state index contributed by atoms with van der Waals surface area (Å²) in [6.07, 6.45) is 29.4. The number of hydrogen-bond acceptors (Lipinski definition) is 3. The van der Waals surface area contributed by atoms with Crippen molar-refractivity contribution < 1.29 is 33.0 Å². The second kappa shape index (κ2) is 34.4. The van der Waals surface area contributed by atoms with Crippen LogP contribution in [0.25, 0.3) is 11.1 Å². The fourth-order valence-electron chi connectivity index (χ4n) is 7.38. The molecule has 67 heavy (non-hydrogen) atoms. The molecule has 0 saturated carbocycles. The van der Waals surface area contributed by atoms with E-state index in [9.17, 15) is 18.9 Å². The van der Waals surface area contributed by atoms with E-state index >= 15 is 0 Å². The monoisotopic (exact) mass is 1060 g/mol. The zero-order valence-corrected chi connectivity index (χ0v) is 43.5. The normalized spacial score (nSPS) is 11.5. The number of unbranched alkanes of at least 4 members (excludes halogenated alkanes) is 18. The van der Waals surface area contributed by atoms with Crippen molar-refractivity contribution in [3.05, 3.63) is 145 Å². The number of halogens is 6. The van der Waals surface area contributed by atoms with E-state index in [-0.39, 0.29) is 21.4 Å². The molecule has 11 heteroatoms. The van der Waals surface area contributed by atoms with Crippen LogP contribution in [0.2, 0.25) is 0 Å². The summed E-state index contributed by atoms with van der Waals surface area (Å²) in [6, 6.07) is 44.7. The molecule has 0 saturated heterocycles. The van der Waals surface area contributed by atoms with Crippen molar-refractivity contribution in [1.29, 1.82) is 0 Å². The van der Waals surface area contributed by atoms with Crippen LogP contribution in [-0.4, -0.2) is 45.6 Å². The molecule has 0 spiro atoms. The first kappa shape index (κ1) is 59.2. The first-order valence-corrected chi connectivity index (χ1v) is 30.8. The molecule has 370 valence electrons. The molecule has 5 aromatic rings. The molecule has 0 heterocycles. The van der Waals surface area contributed by atoms with Crippen LogP contribution in [0.1, 0.15) is 158 Å². The van der Waals surface area contributed by atoms with E-state index < -0.39 is 20.3 Å². The minimum atomic E-state index is -9.19. The molecular formula is C56H75F6O3SSb. The molecule has 0 bridgehead atoms. The van der Waals surface area contributed by atoms with Crippen molar-refractivity contribution in [2.45, 2.75) is 152 Å². The third kappa shape index (κ3) is 28.9. The summed E-state index contributed by atoms with van der Waals surface area (Å²) in [5.41, 5.74) is 3.72. The first-order valence-electron chi connectivity index (χ1n) is 24.3. The molecule has 0 amide bonds. The van der Waals surface area contributed by atoms with Crippen molar-refractivity contribution in [3.63, 3.8) is 0 Å². The Labute approximate surface area is 406 Å². The number of ether oxygens (including phenoxy) is 2. The summed E-state index contributed by atoms with van der Waals surface area (Å²) in [6.45, 7) is 6.22. The van der Waals surface area contributed by atoms with Crippen LogP contribution in [0.5, 0.6) is 11.5 Å². The van der Waals surface area contributed by atoms with Crippen LogP contribution < -0.4 is 14.2 Å². The van der Waals surface area contributed by atoms with Gasteiger partial charge in [-0.2, -0.15) is 0 Å². The Morgan fingerprint density at radius 1 is 0.418 bits per heavy atom. The fraction of sp³-hybridized carbons (Fsp3) is 0.446. The van der Waals surface area contributed by atoms with E-state index in [0.717, 1.165) is 59.8 Å². The van der Waals surface area contributed by atoms with Crippen LogP contribution >= 0.6 is 0 Å². The van der Waals surface area contributed by atoms with E-state index in [1.54, 1.807) is 0 Å². The third-order valence-electron chi connectivity index (χ3n) is 11.2. The van der Waals surface area contributed by atoms with Gasteiger partial charge in [0, 0.05) is 11.1 Å². The predicted molar refractivity (Wildman–Crippen MR) is 270 cm³/mol. The Hall–Kier alpha value is -3.88. The van der Waals surface area contributed by atoms with Gasteiger partial charge in [-0.3, -0.25) is 4.79 Å². The van der Waals surface area contributed by atoms with Crippen molar-refractivity contribution in [3.8, 4) is 22.6 Å².